The second kappa shape index (κ2) is 8.35. The number of rotatable bonds is 4. The maximum atomic E-state index is 13.8. The van der Waals surface area contributed by atoms with Gasteiger partial charge in [-0.15, -0.1) is 0 Å². The van der Waals surface area contributed by atoms with Crippen LogP contribution in [-0.4, -0.2) is 14.9 Å². The molecule has 0 atom stereocenters. The average Bonchev–Trinajstić information content (AvgIpc) is 2.93. The van der Waals surface area contributed by atoms with Crippen LogP contribution < -0.4 is 10.6 Å². The molecule has 0 saturated carbocycles. The van der Waals surface area contributed by atoms with Crippen LogP contribution in [0.4, 0.5) is 15.9 Å². The first kappa shape index (κ1) is 19.1. The Morgan fingerprint density at radius 3 is 2.69 bits per heavy atom. The largest absolute Gasteiger partial charge is 0.331 e. The lowest BCUT2D eigenvalue weighted by molar-refractivity contribution is 0.586. The third-order valence-corrected chi connectivity index (χ3v) is 5.04. The second-order valence-corrected chi connectivity index (χ2v) is 7.34. The van der Waals surface area contributed by atoms with E-state index < -0.39 is 0 Å². The van der Waals surface area contributed by atoms with Crippen molar-refractivity contribution in [1.29, 1.82) is 0 Å². The van der Waals surface area contributed by atoms with E-state index in [4.69, 9.17) is 35.4 Å². The van der Waals surface area contributed by atoms with Crippen LogP contribution in [0.5, 0.6) is 0 Å². The van der Waals surface area contributed by atoms with E-state index in [9.17, 15) is 4.39 Å². The lowest BCUT2D eigenvalue weighted by Crippen LogP contribution is -2.20. The summed E-state index contributed by atoms with van der Waals surface area (Å²) in [5, 5.41) is 11.4. The third kappa shape index (κ3) is 4.54. The van der Waals surface area contributed by atoms with E-state index in [-0.39, 0.29) is 5.82 Å². The third-order valence-electron chi connectivity index (χ3n) is 3.44. The molecule has 3 rings (SSSR count). The number of halogens is 4. The molecule has 1 heterocycles. The number of thiocarbonyl (C=S) groups is 1. The average molecular weight is 474 g/mol. The van der Waals surface area contributed by atoms with Crippen LogP contribution in [0, 0.1) is 5.82 Å². The molecule has 0 bridgehead atoms. The maximum absolute atomic E-state index is 13.8. The molecule has 134 valence electrons. The van der Waals surface area contributed by atoms with Gasteiger partial charge >= 0.3 is 0 Å². The van der Waals surface area contributed by atoms with Crippen LogP contribution >= 0.6 is 51.3 Å². The standard InChI is InChI=1S/C17H12BrCl2FN4S/c18-11-9-25(8-10-4-1-2-6-13(10)21)24-16(11)23-17(26)22-14-7-3-5-12(19)15(14)20/h1-7,9H,8H2,(H2,22,23,24,26). The zero-order valence-electron chi connectivity index (χ0n) is 13.1. The van der Waals surface area contributed by atoms with Crippen LogP contribution in [0.3, 0.4) is 0 Å². The van der Waals surface area contributed by atoms with Gasteiger partial charge in [0.15, 0.2) is 10.9 Å². The minimum atomic E-state index is -0.276. The Morgan fingerprint density at radius 1 is 1.15 bits per heavy atom. The van der Waals surface area contributed by atoms with E-state index in [1.165, 1.54) is 6.07 Å². The molecule has 0 radical (unpaired) electrons. The van der Waals surface area contributed by atoms with Crippen molar-refractivity contribution >= 4 is 68.0 Å². The van der Waals surface area contributed by atoms with Crippen molar-refractivity contribution < 1.29 is 4.39 Å². The van der Waals surface area contributed by atoms with E-state index in [2.05, 4.69) is 31.7 Å². The van der Waals surface area contributed by atoms with Crippen molar-refractivity contribution in [2.45, 2.75) is 6.54 Å². The summed E-state index contributed by atoms with van der Waals surface area (Å²) < 4.78 is 16.1. The zero-order chi connectivity index (χ0) is 18.7. The minimum absolute atomic E-state index is 0.276. The van der Waals surface area contributed by atoms with E-state index in [0.29, 0.717) is 43.2 Å². The first-order valence-corrected chi connectivity index (χ1v) is 9.38. The molecule has 0 fully saturated rings. The van der Waals surface area contributed by atoms with Gasteiger partial charge in [-0.2, -0.15) is 5.10 Å². The summed E-state index contributed by atoms with van der Waals surface area (Å²) in [7, 11) is 0. The molecule has 3 aromatic rings. The van der Waals surface area contributed by atoms with Crippen molar-refractivity contribution in [2.75, 3.05) is 10.6 Å². The second-order valence-electron chi connectivity index (χ2n) is 5.30. The molecular weight excluding hydrogens is 462 g/mol. The summed E-state index contributed by atoms with van der Waals surface area (Å²) in [6.45, 7) is 0.299. The molecule has 4 nitrogen and oxygen atoms in total. The van der Waals surface area contributed by atoms with E-state index in [1.807, 2.05) is 0 Å². The lowest BCUT2D eigenvalue weighted by Gasteiger charge is -2.11. The molecule has 0 saturated heterocycles. The van der Waals surface area contributed by atoms with E-state index in [0.717, 1.165) is 0 Å². The molecule has 0 amide bonds. The molecule has 2 aromatic carbocycles. The summed E-state index contributed by atoms with van der Waals surface area (Å²) in [5.41, 5.74) is 1.12. The molecule has 0 spiro atoms. The number of anilines is 2. The number of aromatic nitrogens is 2. The highest BCUT2D eigenvalue weighted by atomic mass is 79.9. The topological polar surface area (TPSA) is 41.9 Å². The SMILES string of the molecule is Fc1ccccc1Cn1cc(Br)c(NC(=S)Nc2cccc(Cl)c2Cl)n1. The van der Waals surface area contributed by atoms with Gasteiger partial charge in [0.1, 0.15) is 5.82 Å². The summed E-state index contributed by atoms with van der Waals surface area (Å²) in [6, 6.07) is 11.8. The van der Waals surface area contributed by atoms with Crippen molar-refractivity contribution in [3.8, 4) is 0 Å². The van der Waals surface area contributed by atoms with E-state index in [1.54, 1.807) is 47.3 Å². The Hall–Kier alpha value is -1.67. The highest BCUT2D eigenvalue weighted by Crippen LogP contribution is 2.30. The Morgan fingerprint density at radius 2 is 1.92 bits per heavy atom. The molecule has 0 aliphatic rings. The van der Waals surface area contributed by atoms with Gasteiger partial charge in [-0.25, -0.2) is 4.39 Å². The quantitative estimate of drug-likeness (QED) is 0.459. The monoisotopic (exact) mass is 472 g/mol. The number of hydrogen-bond acceptors (Lipinski definition) is 2. The molecule has 1 aromatic heterocycles. The Balaban J connectivity index is 1.70. The summed E-state index contributed by atoms with van der Waals surface area (Å²) in [4.78, 5) is 0. The normalized spacial score (nSPS) is 10.6. The fraction of sp³-hybridized carbons (Fsp3) is 0.0588. The van der Waals surface area contributed by atoms with Gasteiger partial charge in [0.2, 0.25) is 0 Å². The molecule has 2 N–H and O–H groups in total. The van der Waals surface area contributed by atoms with Crippen molar-refractivity contribution in [1.82, 2.24) is 9.78 Å². The highest BCUT2D eigenvalue weighted by Gasteiger charge is 2.11. The summed E-state index contributed by atoms with van der Waals surface area (Å²) in [5.74, 6) is 0.221. The number of nitrogens with one attached hydrogen (secondary N) is 2. The van der Waals surface area contributed by atoms with Crippen molar-refractivity contribution in [3.05, 3.63) is 74.6 Å². The Kier molecular flexibility index (Phi) is 6.13. The van der Waals surface area contributed by atoms with Gasteiger partial charge in [-0.3, -0.25) is 4.68 Å². The molecule has 0 unspecified atom stereocenters. The van der Waals surface area contributed by atoms with Crippen LogP contribution in [-0.2, 0) is 6.54 Å². The minimum Gasteiger partial charge on any atom is -0.331 e. The Bertz CT molecular complexity index is 964. The predicted octanol–water partition coefficient (Wildman–Crippen LogP) is 5.95. The van der Waals surface area contributed by atoms with Gasteiger partial charge in [0.25, 0.3) is 0 Å². The maximum Gasteiger partial charge on any atom is 0.176 e. The molecule has 0 aliphatic heterocycles. The number of nitrogens with zero attached hydrogens (tertiary/aromatic N) is 2. The molecular formula is C17H12BrCl2FN4S. The number of benzene rings is 2. The fourth-order valence-corrected chi connectivity index (χ4v) is 3.19. The van der Waals surface area contributed by atoms with Gasteiger partial charge < -0.3 is 10.6 Å². The summed E-state index contributed by atoms with van der Waals surface area (Å²) in [6.07, 6.45) is 1.74. The van der Waals surface area contributed by atoms with Crippen LogP contribution in [0.2, 0.25) is 10.0 Å². The highest BCUT2D eigenvalue weighted by molar-refractivity contribution is 9.10. The molecule has 26 heavy (non-hydrogen) atoms. The van der Waals surface area contributed by atoms with Gasteiger partial charge in [-0.1, -0.05) is 47.5 Å². The predicted molar refractivity (Wildman–Crippen MR) is 112 cm³/mol. The van der Waals surface area contributed by atoms with Gasteiger partial charge in [0.05, 0.1) is 26.8 Å². The van der Waals surface area contributed by atoms with Crippen molar-refractivity contribution in [3.63, 3.8) is 0 Å². The first-order valence-electron chi connectivity index (χ1n) is 7.42. The zero-order valence-corrected chi connectivity index (χ0v) is 17.1. The van der Waals surface area contributed by atoms with Crippen LogP contribution in [0.25, 0.3) is 0 Å². The van der Waals surface area contributed by atoms with Crippen LogP contribution in [0.1, 0.15) is 5.56 Å². The molecule has 9 heteroatoms. The lowest BCUT2D eigenvalue weighted by atomic mass is 10.2. The number of hydrogen-bond donors (Lipinski definition) is 2. The Labute approximate surface area is 173 Å². The molecule has 0 aliphatic carbocycles. The smallest absolute Gasteiger partial charge is 0.176 e. The van der Waals surface area contributed by atoms with Gasteiger partial charge in [0, 0.05) is 11.8 Å². The van der Waals surface area contributed by atoms with E-state index >= 15 is 0 Å². The van der Waals surface area contributed by atoms with Crippen LogP contribution in [0.15, 0.2) is 53.1 Å². The van der Waals surface area contributed by atoms with Crippen molar-refractivity contribution in [2.24, 2.45) is 0 Å². The fourth-order valence-electron chi connectivity index (χ4n) is 2.23. The first-order chi connectivity index (χ1) is 12.4. The van der Waals surface area contributed by atoms with Gasteiger partial charge in [-0.05, 0) is 46.3 Å². The summed E-state index contributed by atoms with van der Waals surface area (Å²) >= 11 is 20.8.